The first-order chi connectivity index (χ1) is 13.5. The summed E-state index contributed by atoms with van der Waals surface area (Å²) in [6, 6.07) is 0.874. The van der Waals surface area contributed by atoms with Crippen molar-refractivity contribution in [1.82, 2.24) is 10.6 Å². The maximum atomic E-state index is 13.0. The van der Waals surface area contributed by atoms with E-state index in [1.807, 2.05) is 0 Å². The number of carbonyl (C=O) groups is 2. The zero-order valence-corrected chi connectivity index (χ0v) is 17.8. The van der Waals surface area contributed by atoms with E-state index < -0.39 is 5.97 Å². The molecule has 2 aliphatic rings. The van der Waals surface area contributed by atoms with Gasteiger partial charge in [-0.25, -0.2) is 0 Å². The molecule has 5 atom stereocenters. The lowest BCUT2D eigenvalue weighted by atomic mass is 9.79. The molecule has 2 saturated heterocycles. The minimum Gasteiger partial charge on any atom is -0.481 e. The summed E-state index contributed by atoms with van der Waals surface area (Å²) in [5.74, 6) is -0.275. The number of rotatable bonds is 11. The Morgan fingerprint density at radius 3 is 2.29 bits per heavy atom. The van der Waals surface area contributed by atoms with E-state index >= 15 is 0 Å². The van der Waals surface area contributed by atoms with Gasteiger partial charge in [-0.3, -0.25) is 9.59 Å². The molecule has 5 unspecified atom stereocenters. The van der Waals surface area contributed by atoms with Gasteiger partial charge in [0.15, 0.2) is 0 Å². The van der Waals surface area contributed by atoms with Crippen molar-refractivity contribution in [3.8, 4) is 0 Å². The van der Waals surface area contributed by atoms with Crippen molar-refractivity contribution in [2.75, 3.05) is 13.1 Å². The number of unbranched alkanes of at least 4 members (excludes halogenated alkanes) is 4. The first kappa shape index (κ1) is 23.1. The Hall–Kier alpha value is -1.14. The third-order valence-corrected chi connectivity index (χ3v) is 6.30. The maximum absolute atomic E-state index is 13.0. The second kappa shape index (κ2) is 12.4. The van der Waals surface area contributed by atoms with Crippen LogP contribution in [0.2, 0.25) is 0 Å². The average Bonchev–Trinajstić information content (AvgIpc) is 2.63. The number of nitrogens with one attached hydrogen (secondary N) is 2. The van der Waals surface area contributed by atoms with Crippen LogP contribution in [0.4, 0.5) is 0 Å². The van der Waals surface area contributed by atoms with Crippen LogP contribution in [0.1, 0.15) is 84.5 Å². The van der Waals surface area contributed by atoms with Crippen LogP contribution in [0.15, 0.2) is 0 Å². The molecule has 0 spiro atoms. The summed E-state index contributed by atoms with van der Waals surface area (Å²) in [4.78, 5) is 23.6. The number of esters is 1. The lowest BCUT2D eigenvalue weighted by Gasteiger charge is -2.35. The van der Waals surface area contributed by atoms with E-state index in [2.05, 4.69) is 24.5 Å². The fourth-order valence-electron chi connectivity index (χ4n) is 4.70. The molecular weight excluding hydrogens is 356 g/mol. The summed E-state index contributed by atoms with van der Waals surface area (Å²) in [7, 11) is 0. The van der Waals surface area contributed by atoms with Crippen molar-refractivity contribution in [2.45, 2.75) is 103 Å². The van der Waals surface area contributed by atoms with Gasteiger partial charge in [0.1, 0.15) is 6.10 Å². The summed E-state index contributed by atoms with van der Waals surface area (Å²) in [6.07, 6.45) is 9.96. The van der Waals surface area contributed by atoms with Crippen LogP contribution in [0, 0.1) is 11.8 Å². The second-order valence-corrected chi connectivity index (χ2v) is 8.88. The maximum Gasteiger partial charge on any atom is 0.309 e. The van der Waals surface area contributed by atoms with E-state index in [4.69, 9.17) is 9.84 Å². The molecule has 6 heteroatoms. The van der Waals surface area contributed by atoms with E-state index in [9.17, 15) is 9.59 Å². The van der Waals surface area contributed by atoms with Crippen LogP contribution in [-0.4, -0.2) is 48.3 Å². The lowest BCUT2D eigenvalue weighted by Crippen LogP contribution is -2.43. The Morgan fingerprint density at radius 1 is 0.964 bits per heavy atom. The number of hydrogen-bond acceptors (Lipinski definition) is 5. The highest BCUT2D eigenvalue weighted by molar-refractivity contribution is 5.73. The van der Waals surface area contributed by atoms with Crippen molar-refractivity contribution in [3.63, 3.8) is 0 Å². The van der Waals surface area contributed by atoms with Crippen LogP contribution >= 0.6 is 0 Å². The monoisotopic (exact) mass is 396 g/mol. The average molecular weight is 397 g/mol. The van der Waals surface area contributed by atoms with Gasteiger partial charge in [-0.15, -0.1) is 0 Å². The standard InChI is InChI=1S/C22H40N2O4/c1-16-14-18(10-12-23-16)20(8-6-4-3-5-7-9-21(25)26)22(27)28-19-11-13-24-17(2)15-19/h16-20,23-24H,3-15H2,1-2H3,(H,25,26). The van der Waals surface area contributed by atoms with E-state index in [0.29, 0.717) is 18.0 Å². The van der Waals surface area contributed by atoms with Crippen LogP contribution in [0.3, 0.4) is 0 Å². The van der Waals surface area contributed by atoms with Crippen molar-refractivity contribution in [1.29, 1.82) is 0 Å². The molecule has 0 amide bonds. The van der Waals surface area contributed by atoms with Crippen LogP contribution < -0.4 is 10.6 Å². The van der Waals surface area contributed by atoms with Crippen molar-refractivity contribution in [2.24, 2.45) is 11.8 Å². The second-order valence-electron chi connectivity index (χ2n) is 8.88. The molecule has 0 aromatic heterocycles. The van der Waals surface area contributed by atoms with Crippen molar-refractivity contribution >= 4 is 11.9 Å². The molecule has 28 heavy (non-hydrogen) atoms. The summed E-state index contributed by atoms with van der Waals surface area (Å²) < 4.78 is 5.97. The lowest BCUT2D eigenvalue weighted by molar-refractivity contribution is -0.158. The number of ether oxygens (including phenoxy) is 1. The molecule has 6 nitrogen and oxygen atoms in total. The Morgan fingerprint density at radius 2 is 1.61 bits per heavy atom. The number of carbonyl (C=O) groups excluding carboxylic acids is 1. The van der Waals surface area contributed by atoms with Gasteiger partial charge in [0.25, 0.3) is 0 Å². The highest BCUT2D eigenvalue weighted by Gasteiger charge is 2.34. The minimum atomic E-state index is -0.713. The Kier molecular flexibility index (Phi) is 10.3. The number of piperidine rings is 2. The topological polar surface area (TPSA) is 87.7 Å². The fourth-order valence-corrected chi connectivity index (χ4v) is 4.70. The number of aliphatic carboxylic acids is 1. The highest BCUT2D eigenvalue weighted by atomic mass is 16.5. The molecule has 0 radical (unpaired) electrons. The Bertz CT molecular complexity index is 485. The summed E-state index contributed by atoms with van der Waals surface area (Å²) in [5.41, 5.74) is 0. The van der Waals surface area contributed by atoms with Crippen LogP contribution in [-0.2, 0) is 14.3 Å². The molecular formula is C22H40N2O4. The molecule has 2 aliphatic heterocycles. The number of carboxylic acid groups (broad SMARTS) is 1. The molecule has 2 fully saturated rings. The van der Waals surface area contributed by atoms with Crippen LogP contribution in [0.5, 0.6) is 0 Å². The smallest absolute Gasteiger partial charge is 0.309 e. The normalized spacial score (nSPS) is 29.2. The molecule has 0 saturated carbocycles. The molecule has 2 heterocycles. The van der Waals surface area contributed by atoms with Gasteiger partial charge in [0.05, 0.1) is 5.92 Å². The van der Waals surface area contributed by atoms with Crippen LogP contribution in [0.25, 0.3) is 0 Å². The first-order valence-corrected chi connectivity index (χ1v) is 11.3. The van der Waals surface area contributed by atoms with Gasteiger partial charge in [-0.1, -0.05) is 25.7 Å². The predicted octanol–water partition coefficient (Wildman–Crippen LogP) is 3.49. The molecule has 0 bridgehead atoms. The summed E-state index contributed by atoms with van der Waals surface area (Å²) in [6.45, 7) is 6.25. The fraction of sp³-hybridized carbons (Fsp3) is 0.909. The van der Waals surface area contributed by atoms with E-state index in [1.54, 1.807) is 0 Å². The first-order valence-electron chi connectivity index (χ1n) is 11.3. The van der Waals surface area contributed by atoms with Gasteiger partial charge in [0, 0.05) is 18.5 Å². The molecule has 0 aliphatic carbocycles. The van der Waals surface area contributed by atoms with Gasteiger partial charge in [0.2, 0.25) is 0 Å². The zero-order chi connectivity index (χ0) is 20.4. The predicted molar refractivity (Wildman–Crippen MR) is 110 cm³/mol. The molecule has 3 N–H and O–H groups in total. The Balaban J connectivity index is 1.80. The zero-order valence-electron chi connectivity index (χ0n) is 17.8. The number of carboxylic acids is 1. The molecule has 2 rings (SSSR count). The van der Waals surface area contributed by atoms with E-state index in [0.717, 1.165) is 77.3 Å². The molecule has 0 aromatic carbocycles. The van der Waals surface area contributed by atoms with E-state index in [-0.39, 0.29) is 24.4 Å². The summed E-state index contributed by atoms with van der Waals surface area (Å²) in [5, 5.41) is 15.6. The van der Waals surface area contributed by atoms with E-state index in [1.165, 1.54) is 0 Å². The molecule has 0 aromatic rings. The van der Waals surface area contributed by atoms with Gasteiger partial charge in [-0.05, 0) is 71.4 Å². The van der Waals surface area contributed by atoms with Crippen molar-refractivity contribution in [3.05, 3.63) is 0 Å². The van der Waals surface area contributed by atoms with Crippen molar-refractivity contribution < 1.29 is 19.4 Å². The number of hydrogen-bond donors (Lipinski definition) is 3. The third kappa shape index (κ3) is 8.48. The quantitative estimate of drug-likeness (QED) is 0.366. The third-order valence-electron chi connectivity index (χ3n) is 6.30. The SMILES string of the molecule is CC1CC(OC(=O)C(CCCCCCCC(=O)O)C2CCNC(C)C2)CCN1. The minimum absolute atomic E-state index is 0.00811. The Labute approximate surface area is 170 Å². The van der Waals surface area contributed by atoms with Gasteiger partial charge < -0.3 is 20.5 Å². The van der Waals surface area contributed by atoms with Gasteiger partial charge in [-0.2, -0.15) is 0 Å². The molecule has 162 valence electrons. The largest absolute Gasteiger partial charge is 0.481 e. The van der Waals surface area contributed by atoms with Gasteiger partial charge >= 0.3 is 11.9 Å². The summed E-state index contributed by atoms with van der Waals surface area (Å²) >= 11 is 0. The highest BCUT2D eigenvalue weighted by Crippen LogP contribution is 2.31.